The normalized spacial score (nSPS) is 19.4. The molecule has 0 atom stereocenters. The van der Waals surface area contributed by atoms with Gasteiger partial charge in [-0.05, 0) is 143 Å². The molecule has 70 heavy (non-hydrogen) atoms. The van der Waals surface area contributed by atoms with Crippen molar-refractivity contribution in [3.8, 4) is 33.6 Å². The van der Waals surface area contributed by atoms with Crippen molar-refractivity contribution in [3.63, 3.8) is 0 Å². The van der Waals surface area contributed by atoms with Crippen molar-refractivity contribution in [3.05, 3.63) is 198 Å². The first kappa shape index (κ1) is 49.2. The van der Waals surface area contributed by atoms with Gasteiger partial charge in [0.25, 0.3) is 0 Å². The fraction of sp³-hybridized carbons (Fsp3) is 0.318. The van der Waals surface area contributed by atoms with E-state index < -0.39 is 0 Å². The largest absolute Gasteiger partial charge is 0.363 e. The van der Waals surface area contributed by atoms with Gasteiger partial charge in [0, 0.05) is 32.5 Å². The summed E-state index contributed by atoms with van der Waals surface area (Å²) in [6.07, 6.45) is 10.7. The summed E-state index contributed by atoms with van der Waals surface area (Å²) in [6.45, 7) is 29.2. The van der Waals surface area contributed by atoms with E-state index >= 15 is 0 Å². The molecule has 3 aliphatic rings. The zero-order valence-corrected chi connectivity index (χ0v) is 45.5. The molecule has 0 aliphatic heterocycles. The number of hydrogen-bond donors (Lipinski definition) is 0. The minimum absolute atomic E-state index is 0. The number of hydrogen-bond acceptors (Lipinski definition) is 3. The quantitative estimate of drug-likeness (QED) is 0.135. The third kappa shape index (κ3) is 8.85. The monoisotopic (exact) mass is 1090 g/mol. The molecule has 0 amide bonds. The maximum absolute atomic E-state index is 5.18. The summed E-state index contributed by atoms with van der Waals surface area (Å²) < 4.78 is 0. The molecule has 3 nitrogen and oxygen atoms in total. The van der Waals surface area contributed by atoms with E-state index in [1.165, 1.54) is 61.3 Å². The van der Waals surface area contributed by atoms with Crippen molar-refractivity contribution < 1.29 is 20.1 Å². The van der Waals surface area contributed by atoms with Gasteiger partial charge in [0.2, 0.25) is 0 Å². The average molecular weight is 1090 g/mol. The molecule has 3 heterocycles. The van der Waals surface area contributed by atoms with Crippen LogP contribution in [0.5, 0.6) is 0 Å². The average Bonchev–Trinajstić information content (AvgIpc) is 3.75. The Morgan fingerprint density at radius 1 is 0.343 bits per heavy atom. The molecule has 357 valence electrons. The zero-order chi connectivity index (χ0) is 48.7. The Hall–Kier alpha value is -5.80. The van der Waals surface area contributed by atoms with E-state index in [1.54, 1.807) is 0 Å². The Bertz CT molecular complexity index is 2810. The van der Waals surface area contributed by atoms with Crippen molar-refractivity contribution in [2.24, 2.45) is 32.5 Å². The SMILES string of the molecule is CC1(C)CC(C)(C)C(c2cc(C3=C(c4ccc(-c5[c-]cccc5)nc4)C(C)(C)CC3(C)C)cc(C3=C(c4ccc(-c5[c-]cccc5)[c-]n4)C(C)(C)CC3(C)C)c2)=C1c1ccc(-c2[c-]cccc2)nc1.[Ir]. The fourth-order valence-corrected chi connectivity index (χ4v) is 13.8. The van der Waals surface area contributed by atoms with Crippen LogP contribution in [-0.2, 0) is 20.1 Å². The van der Waals surface area contributed by atoms with Crippen LogP contribution in [0.4, 0.5) is 0 Å². The molecule has 3 aliphatic carbocycles. The van der Waals surface area contributed by atoms with Gasteiger partial charge in [-0.1, -0.05) is 119 Å². The summed E-state index contributed by atoms with van der Waals surface area (Å²) in [6, 6.07) is 55.4. The Balaban J connectivity index is 0.00000608. The molecule has 0 bridgehead atoms. The number of allylic oxidation sites excluding steroid dienone is 6. The first-order valence-corrected chi connectivity index (χ1v) is 24.8. The number of benzene rings is 4. The van der Waals surface area contributed by atoms with Gasteiger partial charge < -0.3 is 15.0 Å². The van der Waals surface area contributed by atoms with Crippen LogP contribution < -0.4 is 0 Å². The van der Waals surface area contributed by atoms with Crippen molar-refractivity contribution in [1.82, 2.24) is 15.0 Å². The predicted molar refractivity (Wildman–Crippen MR) is 288 cm³/mol. The predicted octanol–water partition coefficient (Wildman–Crippen LogP) is 17.2. The second-order valence-corrected chi connectivity index (χ2v) is 23.9. The van der Waals surface area contributed by atoms with Crippen molar-refractivity contribution in [2.75, 3.05) is 0 Å². The van der Waals surface area contributed by atoms with Crippen LogP contribution >= 0.6 is 0 Å². The van der Waals surface area contributed by atoms with Crippen LogP contribution in [0.3, 0.4) is 0 Å². The smallest absolute Gasteiger partial charge is 0.0236 e. The second kappa shape index (κ2) is 17.8. The molecule has 3 aromatic heterocycles. The minimum atomic E-state index is -0.159. The van der Waals surface area contributed by atoms with Crippen molar-refractivity contribution in [2.45, 2.75) is 102 Å². The molecule has 0 fully saturated rings. The molecule has 0 spiro atoms. The third-order valence-electron chi connectivity index (χ3n) is 15.3. The van der Waals surface area contributed by atoms with Crippen LogP contribution in [-0.4, -0.2) is 15.0 Å². The molecule has 7 aromatic rings. The molecule has 4 aromatic carbocycles. The van der Waals surface area contributed by atoms with Gasteiger partial charge >= 0.3 is 0 Å². The fourth-order valence-electron chi connectivity index (χ4n) is 13.8. The Morgan fingerprint density at radius 2 is 0.686 bits per heavy atom. The molecule has 0 saturated heterocycles. The van der Waals surface area contributed by atoms with E-state index in [-0.39, 0.29) is 52.6 Å². The molecule has 4 heteroatoms. The summed E-state index contributed by atoms with van der Waals surface area (Å²) >= 11 is 0. The second-order valence-electron chi connectivity index (χ2n) is 23.9. The van der Waals surface area contributed by atoms with Gasteiger partial charge in [-0.15, -0.1) is 83.9 Å². The first-order valence-electron chi connectivity index (χ1n) is 24.8. The number of nitrogens with zero attached hydrogens (tertiary/aromatic N) is 3. The molecule has 10 rings (SSSR count). The van der Waals surface area contributed by atoms with E-state index in [1.807, 2.05) is 42.5 Å². The number of rotatable bonds is 9. The van der Waals surface area contributed by atoms with E-state index in [2.05, 4.69) is 205 Å². The van der Waals surface area contributed by atoms with E-state index in [0.29, 0.717) is 0 Å². The molecule has 0 saturated carbocycles. The van der Waals surface area contributed by atoms with Crippen LogP contribution in [0.25, 0.3) is 67.1 Å². The number of aromatic nitrogens is 3. The molecular weight excluding hydrogens is 1030 g/mol. The summed E-state index contributed by atoms with van der Waals surface area (Å²) in [5, 5.41) is 0. The molecular formula is C66H65IrN3-4. The zero-order valence-electron chi connectivity index (χ0n) is 43.1. The van der Waals surface area contributed by atoms with E-state index in [9.17, 15) is 0 Å². The first-order chi connectivity index (χ1) is 32.7. The van der Waals surface area contributed by atoms with Crippen LogP contribution in [0, 0.1) is 56.9 Å². The summed E-state index contributed by atoms with van der Waals surface area (Å²) in [7, 11) is 0. The van der Waals surface area contributed by atoms with Gasteiger partial charge in [-0.2, -0.15) is 30.3 Å². The standard InChI is InChI=1S/C66H65N3.Ir/c1-61(2)40-63(5,6)57(55(61)47-29-31-52(67-38-47)44-24-18-14-19-25-44)49-34-50(58-56(62(3,4)41-64(58,7)8)48-30-32-53(68-39-48)45-26-20-15-21-27-45)36-51(35-49)59-60(66(11,12)42-65(59,9)10)54-33-28-46(37-69-54)43-22-16-13-17-23-43;/h13-22,24,26,28-36,38-39H,40-42H2,1-12H3;/q-4;. The van der Waals surface area contributed by atoms with Crippen LogP contribution in [0.2, 0.25) is 0 Å². The molecule has 1 radical (unpaired) electrons. The Kier molecular flexibility index (Phi) is 12.5. The minimum Gasteiger partial charge on any atom is -0.363 e. The summed E-state index contributed by atoms with van der Waals surface area (Å²) in [5.41, 5.74) is 20.3. The van der Waals surface area contributed by atoms with E-state index in [0.717, 1.165) is 58.6 Å². The van der Waals surface area contributed by atoms with Crippen LogP contribution in [0.15, 0.2) is 140 Å². The van der Waals surface area contributed by atoms with Crippen molar-refractivity contribution >= 4 is 33.4 Å². The maximum atomic E-state index is 5.18. The van der Waals surface area contributed by atoms with Gasteiger partial charge in [-0.25, -0.2) is 11.1 Å². The van der Waals surface area contributed by atoms with Gasteiger partial charge in [-0.3, -0.25) is 0 Å². The topological polar surface area (TPSA) is 38.7 Å². The Labute approximate surface area is 432 Å². The maximum Gasteiger partial charge on any atom is 0.0236 e. The van der Waals surface area contributed by atoms with Crippen molar-refractivity contribution in [1.29, 1.82) is 0 Å². The summed E-state index contributed by atoms with van der Waals surface area (Å²) in [5.74, 6) is 0. The number of pyridine rings is 3. The third-order valence-corrected chi connectivity index (χ3v) is 15.3. The van der Waals surface area contributed by atoms with Gasteiger partial charge in [0.15, 0.2) is 0 Å². The summed E-state index contributed by atoms with van der Waals surface area (Å²) in [4.78, 5) is 15.4. The molecule has 0 N–H and O–H groups in total. The van der Waals surface area contributed by atoms with E-state index in [4.69, 9.17) is 15.0 Å². The van der Waals surface area contributed by atoms with Gasteiger partial charge in [0.1, 0.15) is 0 Å². The van der Waals surface area contributed by atoms with Gasteiger partial charge in [0.05, 0.1) is 0 Å². The molecule has 0 unspecified atom stereocenters. The Morgan fingerprint density at radius 3 is 1.01 bits per heavy atom. The van der Waals surface area contributed by atoms with Crippen LogP contribution in [0.1, 0.15) is 136 Å².